The minimum atomic E-state index is -4.55. The molecule has 2 amide bonds. The number of anilines is 1. The molecule has 1 rings (SSSR count). The second kappa shape index (κ2) is 8.29. The van der Waals surface area contributed by atoms with E-state index in [1.54, 1.807) is 0 Å². The lowest BCUT2D eigenvalue weighted by Crippen LogP contribution is -2.33. The summed E-state index contributed by atoms with van der Waals surface area (Å²) in [6.45, 7) is -1.59. The molecular weight excluding hydrogens is 376 g/mol. The molecule has 134 valence electrons. The Hall–Kier alpha value is -1.87. The van der Waals surface area contributed by atoms with Crippen LogP contribution in [0.4, 0.5) is 23.7 Å². The summed E-state index contributed by atoms with van der Waals surface area (Å²) in [5.74, 6) is -1.42. The van der Waals surface area contributed by atoms with E-state index in [1.807, 2.05) is 0 Å². The summed E-state index contributed by atoms with van der Waals surface area (Å²) in [4.78, 5) is 23.4. The molecule has 0 fully saturated rings. The maximum absolute atomic E-state index is 12.2. The fourth-order valence-corrected chi connectivity index (χ4v) is 2.10. The summed E-state index contributed by atoms with van der Waals surface area (Å²) >= 11 is 11.6. The third-order valence-electron chi connectivity index (χ3n) is 2.64. The fourth-order valence-electron chi connectivity index (χ4n) is 1.51. The van der Waals surface area contributed by atoms with Crippen LogP contribution in [0.2, 0.25) is 10.0 Å². The lowest BCUT2D eigenvalue weighted by atomic mass is 10.3. The first-order chi connectivity index (χ1) is 11.0. The van der Waals surface area contributed by atoms with Crippen LogP contribution in [0.25, 0.3) is 0 Å². The molecule has 0 saturated carbocycles. The third kappa shape index (κ3) is 6.71. The molecule has 0 saturated heterocycles. The number of urea groups is 1. The van der Waals surface area contributed by atoms with Gasteiger partial charge in [-0.15, -0.1) is 0 Å². The van der Waals surface area contributed by atoms with E-state index >= 15 is 0 Å². The van der Waals surface area contributed by atoms with E-state index in [4.69, 9.17) is 28.3 Å². The summed E-state index contributed by atoms with van der Waals surface area (Å²) < 4.78 is 41.0. The van der Waals surface area contributed by atoms with E-state index in [1.165, 1.54) is 19.2 Å². The lowest BCUT2D eigenvalue weighted by Gasteiger charge is -2.18. The molecule has 0 aliphatic heterocycles. The monoisotopic (exact) mass is 388 g/mol. The van der Waals surface area contributed by atoms with E-state index in [-0.39, 0.29) is 34.4 Å². The Morgan fingerprint density at radius 2 is 1.83 bits per heavy atom. The van der Waals surface area contributed by atoms with Crippen LogP contribution in [0.3, 0.4) is 0 Å². The molecule has 0 unspecified atom stereocenters. The van der Waals surface area contributed by atoms with Crippen molar-refractivity contribution in [3.8, 4) is 5.75 Å². The molecule has 0 aliphatic carbocycles. The molecule has 0 heterocycles. The highest BCUT2D eigenvalue weighted by Gasteiger charge is 2.29. The quantitative estimate of drug-likeness (QED) is 0.774. The molecule has 0 atom stereocenters. The maximum Gasteiger partial charge on any atom is 0.422 e. The third-order valence-corrected chi connectivity index (χ3v) is 3.20. The van der Waals surface area contributed by atoms with Gasteiger partial charge in [0.15, 0.2) is 12.4 Å². The van der Waals surface area contributed by atoms with Gasteiger partial charge in [0.05, 0.1) is 16.5 Å². The van der Waals surface area contributed by atoms with Crippen molar-refractivity contribution in [2.24, 2.45) is 0 Å². The smallest absolute Gasteiger partial charge is 0.422 e. The second-order valence-electron chi connectivity index (χ2n) is 4.67. The molecular formula is C13H13Cl2F3N2O4. The summed E-state index contributed by atoms with van der Waals surface area (Å²) in [7, 11) is 1.38. The highest BCUT2D eigenvalue weighted by Crippen LogP contribution is 2.37. The van der Waals surface area contributed by atoms with E-state index in [9.17, 15) is 22.8 Å². The number of carbonyl (C=O) groups excluding carboxylic acids is 1. The molecule has 11 heteroatoms. The van der Waals surface area contributed by atoms with Crippen LogP contribution in [0.15, 0.2) is 12.1 Å². The first kappa shape index (κ1) is 20.2. The van der Waals surface area contributed by atoms with Crippen LogP contribution in [0.5, 0.6) is 5.75 Å². The van der Waals surface area contributed by atoms with Gasteiger partial charge in [0.1, 0.15) is 0 Å². The molecule has 1 aromatic rings. The number of hydrogen-bond acceptors (Lipinski definition) is 3. The van der Waals surface area contributed by atoms with Crippen LogP contribution in [0.1, 0.15) is 6.42 Å². The molecule has 0 bridgehead atoms. The van der Waals surface area contributed by atoms with Gasteiger partial charge < -0.3 is 20.1 Å². The Morgan fingerprint density at radius 3 is 2.29 bits per heavy atom. The molecule has 0 aliphatic rings. The molecule has 0 aromatic heterocycles. The zero-order valence-corrected chi connectivity index (χ0v) is 13.8. The number of nitrogens with one attached hydrogen (secondary N) is 1. The van der Waals surface area contributed by atoms with E-state index < -0.39 is 24.8 Å². The van der Waals surface area contributed by atoms with Crippen molar-refractivity contribution < 1.29 is 32.6 Å². The molecule has 1 aromatic carbocycles. The Bertz CT molecular complexity index is 603. The summed E-state index contributed by atoms with van der Waals surface area (Å²) in [6, 6.07) is 1.71. The first-order valence-corrected chi connectivity index (χ1v) is 7.17. The summed E-state index contributed by atoms with van der Waals surface area (Å²) in [5.41, 5.74) is 0.122. The standard InChI is InChI=1S/C13H13Cl2F3N2O4/c1-20(3-2-10(21)22)12(23)19-7-4-8(14)11(9(15)5-7)24-6-13(16,17)18/h4-5H,2-3,6H2,1H3,(H,19,23)(H,21,22). The minimum Gasteiger partial charge on any atom is -0.481 e. The van der Waals surface area contributed by atoms with Gasteiger partial charge in [0.2, 0.25) is 0 Å². The highest BCUT2D eigenvalue weighted by molar-refractivity contribution is 6.37. The van der Waals surface area contributed by atoms with Gasteiger partial charge in [-0.3, -0.25) is 4.79 Å². The van der Waals surface area contributed by atoms with Crippen molar-refractivity contribution in [3.63, 3.8) is 0 Å². The largest absolute Gasteiger partial charge is 0.481 e. The van der Waals surface area contributed by atoms with E-state index in [0.717, 1.165) is 4.90 Å². The Morgan fingerprint density at radius 1 is 1.29 bits per heavy atom. The zero-order valence-electron chi connectivity index (χ0n) is 12.3. The van der Waals surface area contributed by atoms with Crippen LogP contribution < -0.4 is 10.1 Å². The predicted molar refractivity (Wildman–Crippen MR) is 81.9 cm³/mol. The number of alkyl halides is 3. The minimum absolute atomic E-state index is 0.0323. The number of carboxylic acids is 1. The van der Waals surface area contributed by atoms with Crippen molar-refractivity contribution >= 4 is 40.9 Å². The second-order valence-corrected chi connectivity index (χ2v) is 5.48. The fraction of sp³-hybridized carbons (Fsp3) is 0.385. The molecule has 0 spiro atoms. The average molecular weight is 389 g/mol. The number of carboxylic acid groups (broad SMARTS) is 1. The number of nitrogens with zero attached hydrogens (tertiary/aromatic N) is 1. The SMILES string of the molecule is CN(CCC(=O)O)C(=O)Nc1cc(Cl)c(OCC(F)(F)F)c(Cl)c1. The van der Waals surface area contributed by atoms with Crippen LogP contribution >= 0.6 is 23.2 Å². The number of halogens is 5. The number of carbonyl (C=O) groups is 2. The number of ether oxygens (including phenoxy) is 1. The number of amides is 2. The van der Waals surface area contributed by atoms with Gasteiger partial charge in [-0.2, -0.15) is 13.2 Å². The Labute approximate surface area is 145 Å². The molecule has 24 heavy (non-hydrogen) atoms. The first-order valence-electron chi connectivity index (χ1n) is 6.42. The normalized spacial score (nSPS) is 11.1. The van der Waals surface area contributed by atoms with Crippen molar-refractivity contribution in [3.05, 3.63) is 22.2 Å². The maximum atomic E-state index is 12.2. The molecule has 6 nitrogen and oxygen atoms in total. The van der Waals surface area contributed by atoms with Gasteiger partial charge in [-0.25, -0.2) is 4.79 Å². The van der Waals surface area contributed by atoms with Crippen molar-refractivity contribution in [1.82, 2.24) is 4.90 Å². The van der Waals surface area contributed by atoms with Crippen molar-refractivity contribution in [1.29, 1.82) is 0 Å². The number of hydrogen-bond donors (Lipinski definition) is 2. The summed E-state index contributed by atoms with van der Waals surface area (Å²) in [6.07, 6.45) is -4.79. The number of rotatable bonds is 6. The Kier molecular flexibility index (Phi) is 6.97. The zero-order chi connectivity index (χ0) is 18.5. The van der Waals surface area contributed by atoms with Gasteiger partial charge in [-0.1, -0.05) is 23.2 Å². The summed E-state index contributed by atoms with van der Waals surface area (Å²) in [5, 5.41) is 10.5. The lowest BCUT2D eigenvalue weighted by molar-refractivity contribution is -0.153. The van der Waals surface area contributed by atoms with Gasteiger partial charge in [0, 0.05) is 19.3 Å². The molecule has 0 radical (unpaired) electrons. The van der Waals surface area contributed by atoms with E-state index in [0.29, 0.717) is 0 Å². The van der Waals surface area contributed by atoms with E-state index in [2.05, 4.69) is 10.1 Å². The highest BCUT2D eigenvalue weighted by atomic mass is 35.5. The average Bonchev–Trinajstić information content (AvgIpc) is 2.42. The van der Waals surface area contributed by atoms with Gasteiger partial charge in [0.25, 0.3) is 0 Å². The van der Waals surface area contributed by atoms with Crippen LogP contribution in [-0.2, 0) is 4.79 Å². The number of aliphatic carboxylic acids is 1. The Balaban J connectivity index is 2.77. The van der Waals surface area contributed by atoms with Crippen molar-refractivity contribution in [2.45, 2.75) is 12.6 Å². The topological polar surface area (TPSA) is 78.9 Å². The predicted octanol–water partition coefficient (Wildman–Crippen LogP) is 3.87. The van der Waals surface area contributed by atoms with Crippen LogP contribution in [-0.4, -0.2) is 48.4 Å². The van der Waals surface area contributed by atoms with Crippen LogP contribution in [0, 0.1) is 0 Å². The van der Waals surface area contributed by atoms with Crippen molar-refractivity contribution in [2.75, 3.05) is 25.5 Å². The molecule has 2 N–H and O–H groups in total. The van der Waals surface area contributed by atoms with Gasteiger partial charge >= 0.3 is 18.2 Å². The van der Waals surface area contributed by atoms with Gasteiger partial charge in [-0.05, 0) is 12.1 Å². The number of benzene rings is 1.